The van der Waals surface area contributed by atoms with Gasteiger partial charge in [-0.15, -0.1) is 0 Å². The molecule has 1 unspecified atom stereocenters. The molecule has 0 aliphatic carbocycles. The molecular weight excluding hydrogens is 526 g/mol. The summed E-state index contributed by atoms with van der Waals surface area (Å²) in [6, 6.07) is 6.61. The van der Waals surface area contributed by atoms with Crippen LogP contribution in [0.2, 0.25) is 0 Å². The molecule has 0 aromatic heterocycles. The minimum atomic E-state index is -4.55. The van der Waals surface area contributed by atoms with Crippen LogP contribution < -0.4 is 5.32 Å². The minimum absolute atomic E-state index is 0.0664. The molecule has 222 valence electrons. The third-order valence-electron chi connectivity index (χ3n) is 8.72. The van der Waals surface area contributed by atoms with Crippen LogP contribution in [-0.2, 0) is 29.6 Å². The van der Waals surface area contributed by atoms with E-state index in [1.165, 1.54) is 18.2 Å². The van der Waals surface area contributed by atoms with Crippen LogP contribution in [0, 0.1) is 0 Å². The fourth-order valence-corrected chi connectivity index (χ4v) is 6.55. The lowest BCUT2D eigenvalue weighted by Gasteiger charge is -2.36. The lowest BCUT2D eigenvalue weighted by molar-refractivity contribution is -0.139. The number of likely N-dealkylation sites (tertiary alicyclic amines) is 1. The van der Waals surface area contributed by atoms with Crippen molar-refractivity contribution in [2.24, 2.45) is 0 Å². The van der Waals surface area contributed by atoms with Crippen LogP contribution >= 0.6 is 0 Å². The monoisotopic (exact) mass is 568 g/mol. The number of alkyl halides is 6. The van der Waals surface area contributed by atoms with Crippen molar-refractivity contribution in [2.45, 2.75) is 102 Å². The van der Waals surface area contributed by atoms with Crippen molar-refractivity contribution in [2.75, 3.05) is 26.7 Å². The molecule has 0 amide bonds. The number of hydrogen-bond donors (Lipinski definition) is 1. The quantitative estimate of drug-likeness (QED) is 0.363. The first-order valence-electron chi connectivity index (χ1n) is 14.3. The van der Waals surface area contributed by atoms with Gasteiger partial charge in [-0.05, 0) is 122 Å². The molecule has 2 nitrogen and oxygen atoms in total. The summed E-state index contributed by atoms with van der Waals surface area (Å²) in [7, 11) is 2.06. The summed E-state index contributed by atoms with van der Waals surface area (Å²) in [4.78, 5) is 2.24. The molecule has 0 saturated carbocycles. The van der Waals surface area contributed by atoms with E-state index in [1.807, 2.05) is 34.6 Å². The number of benzene rings is 2. The van der Waals surface area contributed by atoms with Crippen LogP contribution in [0.25, 0.3) is 0 Å². The maximum atomic E-state index is 14.6. The molecule has 0 bridgehead atoms. The summed E-state index contributed by atoms with van der Waals surface area (Å²) in [5.41, 5.74) is 0.427. The molecule has 2 saturated heterocycles. The maximum absolute atomic E-state index is 14.6. The molecule has 0 spiro atoms. The second-order valence-corrected chi connectivity index (χ2v) is 13.4. The molecule has 2 aliphatic heterocycles. The fourth-order valence-electron chi connectivity index (χ4n) is 6.55. The molecule has 2 aliphatic rings. The average molecular weight is 569 g/mol. The molecule has 2 aromatic rings. The van der Waals surface area contributed by atoms with Crippen LogP contribution in [0.15, 0.2) is 30.3 Å². The summed E-state index contributed by atoms with van der Waals surface area (Å²) in [6.45, 7) is 12.0. The predicted octanol–water partition coefficient (Wildman–Crippen LogP) is 8.78. The minimum Gasteiger partial charge on any atom is -0.310 e. The average Bonchev–Trinajstić information content (AvgIpc) is 3.37. The third-order valence-corrected chi connectivity index (χ3v) is 8.72. The second-order valence-electron chi connectivity index (χ2n) is 13.4. The van der Waals surface area contributed by atoms with E-state index in [1.54, 1.807) is 6.07 Å². The molecule has 2 heterocycles. The van der Waals surface area contributed by atoms with Crippen LogP contribution in [0.1, 0.15) is 111 Å². The Kier molecular flexibility index (Phi) is 8.47. The first-order valence-corrected chi connectivity index (χ1v) is 14.3. The Hall–Kier alpha value is -2.06. The van der Waals surface area contributed by atoms with Gasteiger partial charge in [0.05, 0.1) is 11.1 Å². The van der Waals surface area contributed by atoms with Crippen molar-refractivity contribution in [1.82, 2.24) is 10.2 Å². The third kappa shape index (κ3) is 6.70. The van der Waals surface area contributed by atoms with E-state index in [2.05, 4.69) is 17.3 Å². The van der Waals surface area contributed by atoms with E-state index in [0.717, 1.165) is 49.5 Å². The number of rotatable bonds is 5. The normalized spacial score (nSPS) is 20.4. The van der Waals surface area contributed by atoms with Crippen molar-refractivity contribution in [3.8, 4) is 0 Å². The van der Waals surface area contributed by atoms with Crippen molar-refractivity contribution in [3.05, 3.63) is 69.3 Å². The van der Waals surface area contributed by atoms with Gasteiger partial charge in [0.15, 0.2) is 0 Å². The highest BCUT2D eigenvalue weighted by molar-refractivity contribution is 5.48. The smallest absolute Gasteiger partial charge is 0.310 e. The molecule has 40 heavy (non-hydrogen) atoms. The number of hydrogen-bond acceptors (Lipinski definition) is 2. The van der Waals surface area contributed by atoms with E-state index >= 15 is 0 Å². The molecule has 1 N–H and O–H groups in total. The van der Waals surface area contributed by atoms with E-state index in [0.29, 0.717) is 24.1 Å². The summed E-state index contributed by atoms with van der Waals surface area (Å²) in [6.07, 6.45) is -5.69. The lowest BCUT2D eigenvalue weighted by atomic mass is 9.71. The van der Waals surface area contributed by atoms with Gasteiger partial charge in [-0.25, -0.2) is 0 Å². The van der Waals surface area contributed by atoms with Gasteiger partial charge >= 0.3 is 12.4 Å². The van der Waals surface area contributed by atoms with Gasteiger partial charge in [0.2, 0.25) is 0 Å². The van der Waals surface area contributed by atoms with E-state index in [-0.39, 0.29) is 23.9 Å². The Labute approximate surface area is 234 Å². The summed E-state index contributed by atoms with van der Waals surface area (Å²) in [5, 5.41) is 3.29. The van der Waals surface area contributed by atoms with Gasteiger partial charge in [-0.3, -0.25) is 0 Å². The molecule has 0 radical (unpaired) electrons. The number of nitrogens with one attached hydrogen (secondary N) is 1. The van der Waals surface area contributed by atoms with E-state index in [9.17, 15) is 26.3 Å². The van der Waals surface area contributed by atoms with Crippen LogP contribution in [0.5, 0.6) is 0 Å². The van der Waals surface area contributed by atoms with Gasteiger partial charge in [-0.1, -0.05) is 46.8 Å². The van der Waals surface area contributed by atoms with Crippen LogP contribution in [0.4, 0.5) is 26.3 Å². The number of piperidine rings is 1. The highest BCUT2D eigenvalue weighted by Gasteiger charge is 2.40. The fraction of sp³-hybridized carbons (Fsp3) is 0.625. The van der Waals surface area contributed by atoms with Crippen molar-refractivity contribution in [1.29, 1.82) is 0 Å². The summed E-state index contributed by atoms with van der Waals surface area (Å²) < 4.78 is 84.7. The summed E-state index contributed by atoms with van der Waals surface area (Å²) >= 11 is 0. The van der Waals surface area contributed by atoms with Crippen molar-refractivity contribution >= 4 is 0 Å². The van der Waals surface area contributed by atoms with Crippen molar-refractivity contribution in [3.63, 3.8) is 0 Å². The molecule has 1 atom stereocenters. The van der Waals surface area contributed by atoms with Crippen LogP contribution in [0.3, 0.4) is 0 Å². The molecule has 2 fully saturated rings. The Bertz CT molecular complexity index is 1190. The zero-order chi connectivity index (χ0) is 29.7. The predicted molar refractivity (Wildman–Crippen MR) is 148 cm³/mol. The molecule has 4 rings (SSSR count). The first-order chi connectivity index (χ1) is 18.4. The number of nitrogens with zero attached hydrogens (tertiary/aromatic N) is 1. The Morgan fingerprint density at radius 1 is 0.775 bits per heavy atom. The Morgan fingerprint density at radius 3 is 1.95 bits per heavy atom. The molecule has 2 aromatic carbocycles. The van der Waals surface area contributed by atoms with Gasteiger partial charge < -0.3 is 10.2 Å². The molecular formula is C32H42F6N2. The topological polar surface area (TPSA) is 15.3 Å². The zero-order valence-corrected chi connectivity index (χ0v) is 24.4. The largest absolute Gasteiger partial charge is 0.416 e. The summed E-state index contributed by atoms with van der Waals surface area (Å²) in [5.74, 6) is 0.166. The van der Waals surface area contributed by atoms with Gasteiger partial charge in [0.25, 0.3) is 0 Å². The highest BCUT2D eigenvalue weighted by atomic mass is 19.4. The van der Waals surface area contributed by atoms with E-state index < -0.39 is 34.3 Å². The standard InChI is InChI=1S/C32H42F6N2/c1-29(2,3)27-18-26(32(36,37)38)21(16-23(27)20-11-14-40(6)15-12-20)19-30(4,5)25-10-9-22(31(33,34)35)17-24(25)28-8-7-13-39-28/h9-10,16-18,20,28,39H,7-8,11-15,19H2,1-6H3. The SMILES string of the molecule is CN1CCC(c2cc(CC(C)(C)c3ccc(C(F)(F)F)cc3C3CCCN3)c(C(F)(F)F)cc2C(C)(C)C)CC1. The lowest BCUT2D eigenvalue weighted by Crippen LogP contribution is -2.31. The first kappa shape index (κ1) is 30.9. The zero-order valence-electron chi connectivity index (χ0n) is 24.4. The highest BCUT2D eigenvalue weighted by Crippen LogP contribution is 2.45. The van der Waals surface area contributed by atoms with Gasteiger partial charge in [0, 0.05) is 6.04 Å². The van der Waals surface area contributed by atoms with Crippen molar-refractivity contribution < 1.29 is 26.3 Å². The van der Waals surface area contributed by atoms with Gasteiger partial charge in [0.1, 0.15) is 0 Å². The van der Waals surface area contributed by atoms with Gasteiger partial charge in [-0.2, -0.15) is 26.3 Å². The number of halogens is 6. The van der Waals surface area contributed by atoms with E-state index in [4.69, 9.17) is 0 Å². The maximum Gasteiger partial charge on any atom is 0.416 e. The Balaban J connectivity index is 1.84. The molecule has 8 heteroatoms. The van der Waals surface area contributed by atoms with Crippen LogP contribution in [-0.4, -0.2) is 31.6 Å². The second kappa shape index (κ2) is 11.0. The Morgan fingerprint density at radius 2 is 1.43 bits per heavy atom.